The van der Waals surface area contributed by atoms with Crippen LogP contribution < -0.4 is 11.1 Å². The van der Waals surface area contributed by atoms with Gasteiger partial charge in [0, 0.05) is 17.1 Å². The lowest BCUT2D eigenvalue weighted by atomic mass is 10.2. The molecule has 0 fully saturated rings. The molecule has 148 valence electrons. The number of aromatic nitrogens is 2. The van der Waals surface area contributed by atoms with Crippen molar-refractivity contribution in [3.8, 4) is 0 Å². The van der Waals surface area contributed by atoms with Crippen molar-refractivity contribution in [3.05, 3.63) is 35.7 Å². The van der Waals surface area contributed by atoms with Crippen LogP contribution in [0.5, 0.6) is 0 Å². The van der Waals surface area contributed by atoms with E-state index >= 15 is 0 Å². The van der Waals surface area contributed by atoms with Crippen molar-refractivity contribution in [2.75, 3.05) is 12.3 Å². The van der Waals surface area contributed by atoms with Gasteiger partial charge in [0.2, 0.25) is 0 Å². The number of nitrogens with two attached hydrogens (primary N) is 1. The van der Waals surface area contributed by atoms with Gasteiger partial charge in [0.05, 0.1) is 22.8 Å². The summed E-state index contributed by atoms with van der Waals surface area (Å²) in [5.41, 5.74) is 8.40. The number of hydrogen-bond donors (Lipinski definition) is 2. The minimum absolute atomic E-state index is 0.405. The number of carbonyl (C=O) groups is 1. The van der Waals surface area contributed by atoms with Crippen LogP contribution in [0, 0.1) is 0 Å². The van der Waals surface area contributed by atoms with Gasteiger partial charge in [-0.15, -0.1) is 0 Å². The highest BCUT2D eigenvalue weighted by molar-refractivity contribution is 7.99. The van der Waals surface area contributed by atoms with Gasteiger partial charge in [-0.2, -0.15) is 5.10 Å². The fraction of sp³-hybridized carbons (Fsp3) is 0.500. The molecule has 1 aromatic carbocycles. The zero-order valence-electron chi connectivity index (χ0n) is 16.8. The van der Waals surface area contributed by atoms with Gasteiger partial charge in [-0.1, -0.05) is 31.7 Å². The molecular weight excluding hydrogens is 360 g/mol. The van der Waals surface area contributed by atoms with Crippen LogP contribution in [0.25, 0.3) is 0 Å². The lowest BCUT2D eigenvalue weighted by Crippen LogP contribution is -2.34. The van der Waals surface area contributed by atoms with E-state index in [1.165, 1.54) is 10.6 Å². The van der Waals surface area contributed by atoms with Crippen molar-refractivity contribution in [1.82, 2.24) is 15.1 Å². The highest BCUT2D eigenvalue weighted by atomic mass is 32.2. The second kappa shape index (κ2) is 9.17. The third kappa shape index (κ3) is 6.20. The van der Waals surface area contributed by atoms with E-state index in [0.717, 1.165) is 29.1 Å². The van der Waals surface area contributed by atoms with Gasteiger partial charge in [0.15, 0.2) is 0 Å². The van der Waals surface area contributed by atoms with E-state index in [1.807, 2.05) is 43.7 Å². The molecule has 0 bridgehead atoms. The molecule has 1 aromatic heterocycles. The standard InChI is InChI=1S/C20H30N4O2S/c1-6-16-18(27-15-10-8-9-14(21)13-15)17(7-2)24(23-16)12-11-22-19(25)26-20(3,4)5/h8-10,13H,6-7,11-12,21H2,1-5H3,(H,22,25). The zero-order valence-corrected chi connectivity index (χ0v) is 17.7. The fourth-order valence-electron chi connectivity index (χ4n) is 2.69. The van der Waals surface area contributed by atoms with Crippen molar-refractivity contribution >= 4 is 23.5 Å². The average Bonchev–Trinajstić information content (AvgIpc) is 2.90. The molecule has 0 atom stereocenters. The van der Waals surface area contributed by atoms with Crippen LogP contribution in [0.15, 0.2) is 34.1 Å². The van der Waals surface area contributed by atoms with Gasteiger partial charge >= 0.3 is 6.09 Å². The first-order valence-corrected chi connectivity index (χ1v) is 10.1. The predicted octanol–water partition coefficient (Wildman–Crippen LogP) is 4.27. The van der Waals surface area contributed by atoms with Gasteiger partial charge in [-0.3, -0.25) is 4.68 Å². The van der Waals surface area contributed by atoms with E-state index < -0.39 is 11.7 Å². The predicted molar refractivity (Wildman–Crippen MR) is 110 cm³/mol. The number of amides is 1. The second-order valence-corrected chi connectivity index (χ2v) is 8.34. The summed E-state index contributed by atoms with van der Waals surface area (Å²) < 4.78 is 7.27. The van der Waals surface area contributed by atoms with Crippen LogP contribution in [0.4, 0.5) is 10.5 Å². The summed E-state index contributed by atoms with van der Waals surface area (Å²) in [5.74, 6) is 0. The maximum absolute atomic E-state index is 11.8. The molecule has 0 unspecified atom stereocenters. The summed E-state index contributed by atoms with van der Waals surface area (Å²) in [4.78, 5) is 14.1. The van der Waals surface area contributed by atoms with Crippen LogP contribution in [0.3, 0.4) is 0 Å². The first kappa shape index (κ1) is 21.2. The molecule has 0 aliphatic carbocycles. The van der Waals surface area contributed by atoms with E-state index in [4.69, 9.17) is 15.6 Å². The van der Waals surface area contributed by atoms with Crippen LogP contribution in [-0.2, 0) is 24.1 Å². The van der Waals surface area contributed by atoms with Crippen LogP contribution in [0.2, 0.25) is 0 Å². The topological polar surface area (TPSA) is 82.2 Å². The monoisotopic (exact) mass is 390 g/mol. The molecule has 1 amide bonds. The number of alkyl carbamates (subject to hydrolysis) is 1. The summed E-state index contributed by atoms with van der Waals surface area (Å²) in [7, 11) is 0. The summed E-state index contributed by atoms with van der Waals surface area (Å²) in [6.07, 6.45) is 1.31. The molecule has 0 radical (unpaired) electrons. The summed E-state index contributed by atoms with van der Waals surface area (Å²) in [5, 5.41) is 7.56. The molecule has 0 spiro atoms. The van der Waals surface area contributed by atoms with E-state index in [0.29, 0.717) is 13.1 Å². The Kier molecular flexibility index (Phi) is 7.18. The smallest absolute Gasteiger partial charge is 0.407 e. The van der Waals surface area contributed by atoms with Crippen molar-refractivity contribution in [1.29, 1.82) is 0 Å². The van der Waals surface area contributed by atoms with E-state index in [2.05, 4.69) is 25.2 Å². The van der Waals surface area contributed by atoms with Gasteiger partial charge < -0.3 is 15.8 Å². The summed E-state index contributed by atoms with van der Waals surface area (Å²) in [6.45, 7) is 10.8. The molecule has 7 heteroatoms. The van der Waals surface area contributed by atoms with Gasteiger partial charge in [0.1, 0.15) is 5.60 Å². The van der Waals surface area contributed by atoms with Crippen LogP contribution in [-0.4, -0.2) is 28.0 Å². The molecule has 0 aliphatic rings. The maximum atomic E-state index is 11.8. The third-order valence-corrected chi connectivity index (χ3v) is 4.98. The Morgan fingerprint density at radius 3 is 2.63 bits per heavy atom. The van der Waals surface area contributed by atoms with Gasteiger partial charge in [0.25, 0.3) is 0 Å². The lowest BCUT2D eigenvalue weighted by Gasteiger charge is -2.19. The zero-order chi connectivity index (χ0) is 20.0. The minimum atomic E-state index is -0.499. The van der Waals surface area contributed by atoms with Crippen LogP contribution in [0.1, 0.15) is 46.0 Å². The van der Waals surface area contributed by atoms with Gasteiger partial charge in [-0.05, 0) is 51.8 Å². The van der Waals surface area contributed by atoms with E-state index in [9.17, 15) is 4.79 Å². The normalized spacial score (nSPS) is 11.4. The number of aryl methyl sites for hydroxylation is 1. The summed E-state index contributed by atoms with van der Waals surface area (Å²) >= 11 is 1.70. The molecule has 2 aromatic rings. The Labute approximate surface area is 165 Å². The highest BCUT2D eigenvalue weighted by Gasteiger charge is 2.18. The number of carbonyl (C=O) groups excluding carboxylic acids is 1. The largest absolute Gasteiger partial charge is 0.444 e. The first-order valence-electron chi connectivity index (χ1n) is 9.32. The fourth-order valence-corrected chi connectivity index (χ4v) is 3.93. The maximum Gasteiger partial charge on any atom is 0.407 e. The van der Waals surface area contributed by atoms with Crippen molar-refractivity contribution in [3.63, 3.8) is 0 Å². The SMILES string of the molecule is CCc1nn(CCNC(=O)OC(C)(C)C)c(CC)c1Sc1cccc(N)c1. The number of benzene rings is 1. The molecule has 27 heavy (non-hydrogen) atoms. The third-order valence-electron chi connectivity index (χ3n) is 3.82. The quantitative estimate of drug-likeness (QED) is 0.690. The molecular formula is C20H30N4O2S. The molecule has 3 N–H and O–H groups in total. The number of nitrogens with one attached hydrogen (secondary N) is 1. The van der Waals surface area contributed by atoms with Crippen LogP contribution >= 0.6 is 11.8 Å². The Morgan fingerprint density at radius 1 is 1.30 bits per heavy atom. The number of nitrogen functional groups attached to an aromatic ring is 1. The van der Waals surface area contributed by atoms with Gasteiger partial charge in [-0.25, -0.2) is 4.79 Å². The Balaban J connectivity index is 2.11. The lowest BCUT2D eigenvalue weighted by molar-refractivity contribution is 0.0525. The summed E-state index contributed by atoms with van der Waals surface area (Å²) in [6, 6.07) is 7.88. The van der Waals surface area contributed by atoms with Crippen molar-refractivity contribution < 1.29 is 9.53 Å². The first-order chi connectivity index (χ1) is 12.7. The van der Waals surface area contributed by atoms with Crippen molar-refractivity contribution in [2.45, 2.75) is 69.4 Å². The minimum Gasteiger partial charge on any atom is -0.444 e. The Hall–Kier alpha value is -2.15. The number of ether oxygens (including phenoxy) is 1. The van der Waals surface area contributed by atoms with E-state index in [-0.39, 0.29) is 0 Å². The molecule has 2 rings (SSSR count). The average molecular weight is 391 g/mol. The Morgan fingerprint density at radius 2 is 2.04 bits per heavy atom. The second-order valence-electron chi connectivity index (χ2n) is 7.26. The van der Waals surface area contributed by atoms with Crippen molar-refractivity contribution in [2.24, 2.45) is 0 Å². The van der Waals surface area contributed by atoms with E-state index in [1.54, 1.807) is 11.8 Å². The number of rotatable bonds is 7. The molecule has 0 aliphatic heterocycles. The Bertz CT molecular complexity index is 781. The highest BCUT2D eigenvalue weighted by Crippen LogP contribution is 2.34. The number of anilines is 1. The molecule has 0 saturated carbocycles. The number of nitrogens with zero attached hydrogens (tertiary/aromatic N) is 2. The molecule has 1 heterocycles. The number of hydrogen-bond acceptors (Lipinski definition) is 5. The molecule has 0 saturated heterocycles. The molecule has 6 nitrogen and oxygen atoms in total.